The van der Waals surface area contributed by atoms with Gasteiger partial charge in [0, 0.05) is 12.5 Å². The van der Waals surface area contributed by atoms with Gasteiger partial charge in [0.05, 0.1) is 5.60 Å². The summed E-state index contributed by atoms with van der Waals surface area (Å²) in [4.78, 5) is 0. The average Bonchev–Trinajstić information content (AvgIpc) is 2.17. The van der Waals surface area contributed by atoms with Gasteiger partial charge < -0.3 is 10.4 Å². The maximum absolute atomic E-state index is 10.6. The summed E-state index contributed by atoms with van der Waals surface area (Å²) in [7, 11) is 0. The zero-order valence-electron chi connectivity index (χ0n) is 9.14. The SMILES string of the molecule is CCC(C)C1(O)CCNCC1CC. The lowest BCUT2D eigenvalue weighted by molar-refractivity contribution is -0.0850. The molecule has 1 heterocycles. The van der Waals surface area contributed by atoms with Crippen LogP contribution in [0.25, 0.3) is 0 Å². The molecular formula is C11H23NO. The predicted octanol–water partition coefficient (Wildman–Crippen LogP) is 1.78. The number of aliphatic hydroxyl groups is 1. The monoisotopic (exact) mass is 185 g/mol. The largest absolute Gasteiger partial charge is 0.389 e. The molecule has 0 aromatic rings. The minimum absolute atomic E-state index is 0.408. The second kappa shape index (κ2) is 4.43. The van der Waals surface area contributed by atoms with E-state index in [1.54, 1.807) is 0 Å². The number of hydrogen-bond donors (Lipinski definition) is 2. The lowest BCUT2D eigenvalue weighted by Gasteiger charge is -2.44. The van der Waals surface area contributed by atoms with E-state index in [1.807, 2.05) is 0 Å². The van der Waals surface area contributed by atoms with E-state index in [0.717, 1.165) is 32.4 Å². The van der Waals surface area contributed by atoms with Gasteiger partial charge in [-0.25, -0.2) is 0 Å². The summed E-state index contributed by atoms with van der Waals surface area (Å²) in [6.07, 6.45) is 3.07. The highest BCUT2D eigenvalue weighted by Gasteiger charge is 2.41. The molecule has 0 amide bonds. The topological polar surface area (TPSA) is 32.3 Å². The highest BCUT2D eigenvalue weighted by atomic mass is 16.3. The summed E-state index contributed by atoms with van der Waals surface area (Å²) < 4.78 is 0. The minimum Gasteiger partial charge on any atom is -0.389 e. The van der Waals surface area contributed by atoms with Crippen LogP contribution in [-0.4, -0.2) is 23.8 Å². The Bertz CT molecular complexity index is 160. The molecule has 3 unspecified atom stereocenters. The maximum Gasteiger partial charge on any atom is 0.0725 e. The molecule has 3 atom stereocenters. The first-order chi connectivity index (χ1) is 6.15. The molecule has 2 nitrogen and oxygen atoms in total. The smallest absolute Gasteiger partial charge is 0.0725 e. The Morgan fingerprint density at radius 3 is 2.77 bits per heavy atom. The molecule has 0 bridgehead atoms. The third-order valence-corrected chi connectivity index (χ3v) is 3.76. The van der Waals surface area contributed by atoms with Gasteiger partial charge in [-0.05, 0) is 25.3 Å². The van der Waals surface area contributed by atoms with Gasteiger partial charge in [0.2, 0.25) is 0 Å². The second-order valence-electron chi connectivity index (χ2n) is 4.36. The van der Waals surface area contributed by atoms with Crippen LogP contribution in [-0.2, 0) is 0 Å². The van der Waals surface area contributed by atoms with Crippen LogP contribution in [0.3, 0.4) is 0 Å². The Hall–Kier alpha value is -0.0800. The van der Waals surface area contributed by atoms with Crippen LogP contribution in [0.5, 0.6) is 0 Å². The van der Waals surface area contributed by atoms with Crippen molar-refractivity contribution in [3.05, 3.63) is 0 Å². The second-order valence-corrected chi connectivity index (χ2v) is 4.36. The van der Waals surface area contributed by atoms with Gasteiger partial charge in [-0.2, -0.15) is 0 Å². The molecule has 0 aromatic carbocycles. The van der Waals surface area contributed by atoms with E-state index < -0.39 is 5.60 Å². The van der Waals surface area contributed by atoms with Crippen molar-refractivity contribution in [1.82, 2.24) is 5.32 Å². The molecule has 0 saturated carbocycles. The molecule has 0 aromatic heterocycles. The van der Waals surface area contributed by atoms with Crippen LogP contribution in [0.1, 0.15) is 40.0 Å². The summed E-state index contributed by atoms with van der Waals surface area (Å²) in [6.45, 7) is 8.46. The van der Waals surface area contributed by atoms with Crippen LogP contribution >= 0.6 is 0 Å². The molecule has 1 fully saturated rings. The van der Waals surface area contributed by atoms with Gasteiger partial charge in [-0.3, -0.25) is 0 Å². The van der Waals surface area contributed by atoms with Crippen molar-refractivity contribution >= 4 is 0 Å². The molecule has 1 aliphatic heterocycles. The quantitative estimate of drug-likeness (QED) is 0.702. The Kier molecular flexibility index (Phi) is 3.74. The molecule has 2 N–H and O–H groups in total. The van der Waals surface area contributed by atoms with Crippen LogP contribution in [0.4, 0.5) is 0 Å². The van der Waals surface area contributed by atoms with E-state index in [4.69, 9.17) is 0 Å². The Morgan fingerprint density at radius 2 is 2.23 bits per heavy atom. The fourth-order valence-corrected chi connectivity index (χ4v) is 2.45. The lowest BCUT2D eigenvalue weighted by Crippen LogP contribution is -2.53. The van der Waals surface area contributed by atoms with E-state index in [-0.39, 0.29) is 0 Å². The average molecular weight is 185 g/mol. The molecule has 0 spiro atoms. The number of nitrogens with one attached hydrogen (secondary N) is 1. The standard InChI is InChI=1S/C11H23NO/c1-4-9(3)11(13)6-7-12-8-10(11)5-2/h9-10,12-13H,4-8H2,1-3H3. The van der Waals surface area contributed by atoms with E-state index in [1.165, 1.54) is 0 Å². The van der Waals surface area contributed by atoms with Crippen LogP contribution in [0.2, 0.25) is 0 Å². The van der Waals surface area contributed by atoms with Crippen molar-refractivity contribution in [3.63, 3.8) is 0 Å². The van der Waals surface area contributed by atoms with E-state index in [2.05, 4.69) is 26.1 Å². The molecule has 13 heavy (non-hydrogen) atoms. The third kappa shape index (κ3) is 2.05. The first-order valence-corrected chi connectivity index (χ1v) is 5.58. The van der Waals surface area contributed by atoms with Gasteiger partial charge in [-0.15, -0.1) is 0 Å². The van der Waals surface area contributed by atoms with Crippen molar-refractivity contribution in [2.24, 2.45) is 11.8 Å². The number of piperidine rings is 1. The molecular weight excluding hydrogens is 162 g/mol. The highest BCUT2D eigenvalue weighted by molar-refractivity contribution is 4.94. The summed E-state index contributed by atoms with van der Waals surface area (Å²) in [5.41, 5.74) is -0.408. The van der Waals surface area contributed by atoms with Gasteiger partial charge in [-0.1, -0.05) is 27.2 Å². The molecule has 1 saturated heterocycles. The van der Waals surface area contributed by atoms with Crippen molar-refractivity contribution in [2.75, 3.05) is 13.1 Å². The number of hydrogen-bond acceptors (Lipinski definition) is 2. The van der Waals surface area contributed by atoms with E-state index in [9.17, 15) is 5.11 Å². The highest BCUT2D eigenvalue weighted by Crippen LogP contribution is 2.35. The molecule has 1 rings (SSSR count). The van der Waals surface area contributed by atoms with Crippen LogP contribution < -0.4 is 5.32 Å². The van der Waals surface area contributed by atoms with Crippen molar-refractivity contribution in [3.8, 4) is 0 Å². The minimum atomic E-state index is -0.408. The van der Waals surface area contributed by atoms with Gasteiger partial charge >= 0.3 is 0 Å². The molecule has 0 aliphatic carbocycles. The summed E-state index contributed by atoms with van der Waals surface area (Å²) in [5.74, 6) is 0.871. The predicted molar refractivity (Wildman–Crippen MR) is 55.7 cm³/mol. The maximum atomic E-state index is 10.6. The number of rotatable bonds is 3. The van der Waals surface area contributed by atoms with Crippen LogP contribution in [0.15, 0.2) is 0 Å². The summed E-state index contributed by atoms with van der Waals surface area (Å²) >= 11 is 0. The first-order valence-electron chi connectivity index (χ1n) is 5.58. The fourth-order valence-electron chi connectivity index (χ4n) is 2.45. The third-order valence-electron chi connectivity index (χ3n) is 3.76. The Morgan fingerprint density at radius 1 is 1.54 bits per heavy atom. The van der Waals surface area contributed by atoms with Crippen molar-refractivity contribution < 1.29 is 5.11 Å². The van der Waals surface area contributed by atoms with E-state index in [0.29, 0.717) is 11.8 Å². The van der Waals surface area contributed by atoms with Gasteiger partial charge in [0.15, 0.2) is 0 Å². The van der Waals surface area contributed by atoms with Crippen molar-refractivity contribution in [2.45, 2.75) is 45.6 Å². The normalized spacial score (nSPS) is 37.4. The molecule has 0 radical (unpaired) electrons. The first kappa shape index (κ1) is 11.0. The summed E-state index contributed by atoms with van der Waals surface area (Å²) in [5, 5.41) is 13.9. The Labute approximate surface area is 81.7 Å². The fraction of sp³-hybridized carbons (Fsp3) is 1.00. The van der Waals surface area contributed by atoms with Crippen LogP contribution in [0, 0.1) is 11.8 Å². The van der Waals surface area contributed by atoms with Crippen molar-refractivity contribution in [1.29, 1.82) is 0 Å². The lowest BCUT2D eigenvalue weighted by atomic mass is 9.71. The Balaban J connectivity index is 2.70. The summed E-state index contributed by atoms with van der Waals surface area (Å²) in [6, 6.07) is 0. The zero-order chi connectivity index (χ0) is 9.90. The van der Waals surface area contributed by atoms with E-state index >= 15 is 0 Å². The van der Waals surface area contributed by atoms with Gasteiger partial charge in [0.25, 0.3) is 0 Å². The molecule has 1 aliphatic rings. The zero-order valence-corrected chi connectivity index (χ0v) is 9.14. The molecule has 2 heteroatoms. The van der Waals surface area contributed by atoms with Gasteiger partial charge in [0.1, 0.15) is 0 Å². The molecule has 78 valence electrons.